The Balaban J connectivity index is 3.11. The summed E-state index contributed by atoms with van der Waals surface area (Å²) in [5, 5.41) is 8.01. The summed E-state index contributed by atoms with van der Waals surface area (Å²) in [5.74, 6) is -1.95. The second-order valence-corrected chi connectivity index (χ2v) is 7.42. The maximum atomic E-state index is 13.5. The van der Waals surface area contributed by atoms with E-state index in [9.17, 15) is 17.6 Å². The average molecular weight is 376 g/mol. The van der Waals surface area contributed by atoms with Crippen LogP contribution in [-0.2, 0) is 14.8 Å². The lowest BCUT2D eigenvalue weighted by Crippen LogP contribution is -2.41. The van der Waals surface area contributed by atoms with Gasteiger partial charge in [-0.3, -0.25) is 4.79 Å². The first-order valence-electron chi connectivity index (χ1n) is 5.58. The molecule has 0 saturated carbocycles. The predicted molar refractivity (Wildman–Crippen MR) is 81.2 cm³/mol. The van der Waals surface area contributed by atoms with Gasteiger partial charge in [0.2, 0.25) is 10.0 Å². The predicted octanol–water partition coefficient (Wildman–Crippen LogP) is 2.62. The number of thioether (sulfide) groups is 1. The van der Waals surface area contributed by atoms with Crippen molar-refractivity contribution in [3.8, 4) is 0 Å². The number of nitrogens with one attached hydrogen (secondary N) is 1. The molecule has 0 fully saturated rings. The van der Waals surface area contributed by atoms with Crippen molar-refractivity contribution >= 4 is 51.0 Å². The molecule has 0 aliphatic carbocycles. The fourth-order valence-electron chi connectivity index (χ4n) is 1.44. The summed E-state index contributed by atoms with van der Waals surface area (Å²) in [7, 11) is -4.28. The summed E-state index contributed by atoms with van der Waals surface area (Å²) in [4.78, 5) is 10.5. The Morgan fingerprint density at radius 1 is 1.48 bits per heavy atom. The molecule has 2 N–H and O–H groups in total. The van der Waals surface area contributed by atoms with E-state index < -0.39 is 37.8 Å². The van der Waals surface area contributed by atoms with Crippen molar-refractivity contribution in [2.24, 2.45) is 0 Å². The zero-order valence-corrected chi connectivity index (χ0v) is 13.9. The molecule has 1 aromatic carbocycles. The quantitative estimate of drug-likeness (QED) is 0.715. The summed E-state index contributed by atoms with van der Waals surface area (Å²) in [5.41, 5.74) is 0. The molecular weight excluding hydrogens is 364 g/mol. The van der Waals surface area contributed by atoms with E-state index in [0.717, 1.165) is 12.1 Å². The largest absolute Gasteiger partial charge is 0.480 e. The van der Waals surface area contributed by atoms with Gasteiger partial charge in [-0.15, -0.1) is 0 Å². The minimum atomic E-state index is -4.28. The molecule has 1 rings (SSSR count). The Bertz CT molecular complexity index is 639. The monoisotopic (exact) mass is 375 g/mol. The molecule has 21 heavy (non-hydrogen) atoms. The molecule has 0 heterocycles. The molecule has 0 aromatic heterocycles. The van der Waals surface area contributed by atoms with E-state index in [1.807, 2.05) is 4.72 Å². The zero-order chi connectivity index (χ0) is 16.2. The summed E-state index contributed by atoms with van der Waals surface area (Å²) < 4.78 is 39.8. The molecule has 10 heteroatoms. The summed E-state index contributed by atoms with van der Waals surface area (Å²) in [6.45, 7) is 0. The molecule has 0 bridgehead atoms. The third-order valence-corrected chi connectivity index (χ3v) is 5.43. The highest BCUT2D eigenvalue weighted by Gasteiger charge is 2.28. The Labute approximate surface area is 135 Å². The Morgan fingerprint density at radius 3 is 2.62 bits per heavy atom. The molecule has 0 radical (unpaired) electrons. The van der Waals surface area contributed by atoms with E-state index in [1.54, 1.807) is 6.26 Å². The van der Waals surface area contributed by atoms with Crippen LogP contribution in [0.25, 0.3) is 0 Å². The Hall–Kier alpha value is -0.540. The van der Waals surface area contributed by atoms with Crippen LogP contribution in [0.4, 0.5) is 4.39 Å². The van der Waals surface area contributed by atoms with Crippen LogP contribution in [0.1, 0.15) is 6.42 Å². The van der Waals surface area contributed by atoms with Gasteiger partial charge in [-0.1, -0.05) is 23.2 Å². The van der Waals surface area contributed by atoms with Gasteiger partial charge in [0.25, 0.3) is 0 Å². The number of aliphatic carboxylic acids is 1. The average Bonchev–Trinajstić information content (AvgIpc) is 2.40. The number of hydrogen-bond donors (Lipinski definition) is 2. The molecule has 0 aliphatic rings. The number of carbonyl (C=O) groups is 1. The van der Waals surface area contributed by atoms with Crippen molar-refractivity contribution < 1.29 is 22.7 Å². The number of benzene rings is 1. The van der Waals surface area contributed by atoms with Crippen molar-refractivity contribution in [2.75, 3.05) is 12.0 Å². The van der Waals surface area contributed by atoms with Crippen molar-refractivity contribution in [3.63, 3.8) is 0 Å². The lowest BCUT2D eigenvalue weighted by molar-refractivity contribution is -0.139. The molecule has 1 atom stereocenters. The van der Waals surface area contributed by atoms with Gasteiger partial charge in [0.15, 0.2) is 5.82 Å². The Morgan fingerprint density at radius 2 is 2.10 bits per heavy atom. The van der Waals surface area contributed by atoms with Crippen LogP contribution in [0.15, 0.2) is 17.0 Å². The maximum Gasteiger partial charge on any atom is 0.321 e. The molecular formula is C11H12Cl2FNO4S2. The second-order valence-electron chi connectivity index (χ2n) is 3.97. The lowest BCUT2D eigenvalue weighted by atomic mass is 10.2. The van der Waals surface area contributed by atoms with E-state index in [4.69, 9.17) is 28.3 Å². The van der Waals surface area contributed by atoms with Crippen LogP contribution in [0.3, 0.4) is 0 Å². The van der Waals surface area contributed by atoms with E-state index in [0.29, 0.717) is 5.75 Å². The number of carboxylic acid groups (broad SMARTS) is 1. The van der Waals surface area contributed by atoms with E-state index in [1.165, 1.54) is 11.8 Å². The normalized spacial score (nSPS) is 13.1. The third-order valence-electron chi connectivity index (χ3n) is 2.50. The van der Waals surface area contributed by atoms with Crippen LogP contribution in [0.2, 0.25) is 10.0 Å². The fraction of sp³-hybridized carbons (Fsp3) is 0.364. The SMILES string of the molecule is CSCCC(NS(=O)(=O)c1ccc(Cl)c(F)c1Cl)C(=O)O. The highest BCUT2D eigenvalue weighted by molar-refractivity contribution is 7.98. The van der Waals surface area contributed by atoms with Gasteiger partial charge in [0.1, 0.15) is 10.9 Å². The standard InChI is InChI=1S/C11H12Cl2FNO4S2/c1-20-5-4-7(11(16)17)15-21(18,19)8-3-2-6(12)10(14)9(8)13/h2-3,7,15H,4-5H2,1H3,(H,16,17). The number of halogens is 3. The van der Waals surface area contributed by atoms with Gasteiger partial charge in [-0.2, -0.15) is 16.5 Å². The molecule has 0 spiro atoms. The van der Waals surface area contributed by atoms with Crippen molar-refractivity contribution in [1.29, 1.82) is 0 Å². The molecule has 1 unspecified atom stereocenters. The lowest BCUT2D eigenvalue weighted by Gasteiger charge is -2.15. The van der Waals surface area contributed by atoms with Gasteiger partial charge in [-0.25, -0.2) is 12.8 Å². The smallest absolute Gasteiger partial charge is 0.321 e. The third kappa shape index (κ3) is 4.72. The molecule has 118 valence electrons. The molecule has 0 amide bonds. The van der Waals surface area contributed by atoms with E-state index in [2.05, 4.69) is 0 Å². The minimum absolute atomic E-state index is 0.0867. The highest BCUT2D eigenvalue weighted by Crippen LogP contribution is 2.29. The molecule has 5 nitrogen and oxygen atoms in total. The van der Waals surface area contributed by atoms with Crippen LogP contribution < -0.4 is 4.72 Å². The van der Waals surface area contributed by atoms with Gasteiger partial charge >= 0.3 is 5.97 Å². The number of rotatable bonds is 7. The second kappa shape index (κ2) is 7.64. The minimum Gasteiger partial charge on any atom is -0.480 e. The first kappa shape index (κ1) is 18.5. The van der Waals surface area contributed by atoms with Crippen LogP contribution in [0.5, 0.6) is 0 Å². The maximum absolute atomic E-state index is 13.5. The van der Waals surface area contributed by atoms with Gasteiger partial charge in [-0.05, 0) is 30.6 Å². The number of carboxylic acids is 1. The van der Waals surface area contributed by atoms with Gasteiger partial charge in [0, 0.05) is 0 Å². The van der Waals surface area contributed by atoms with E-state index >= 15 is 0 Å². The topological polar surface area (TPSA) is 83.5 Å². The first-order valence-corrected chi connectivity index (χ1v) is 9.21. The van der Waals surface area contributed by atoms with Crippen molar-refractivity contribution in [3.05, 3.63) is 28.0 Å². The first-order chi connectivity index (χ1) is 9.70. The summed E-state index contributed by atoms with van der Waals surface area (Å²) in [6.07, 6.45) is 1.85. The van der Waals surface area contributed by atoms with Crippen LogP contribution in [-0.4, -0.2) is 37.5 Å². The van der Waals surface area contributed by atoms with Gasteiger partial charge in [0.05, 0.1) is 10.0 Å². The summed E-state index contributed by atoms with van der Waals surface area (Å²) >= 11 is 12.5. The number of sulfonamides is 1. The summed E-state index contributed by atoms with van der Waals surface area (Å²) in [6, 6.07) is 0.732. The molecule has 0 aliphatic heterocycles. The van der Waals surface area contributed by atoms with Crippen molar-refractivity contribution in [1.82, 2.24) is 4.72 Å². The van der Waals surface area contributed by atoms with Crippen LogP contribution >= 0.6 is 35.0 Å². The molecule has 1 aromatic rings. The Kier molecular flexibility index (Phi) is 6.73. The molecule has 0 saturated heterocycles. The fourth-order valence-corrected chi connectivity index (χ4v) is 3.87. The zero-order valence-electron chi connectivity index (χ0n) is 10.8. The van der Waals surface area contributed by atoms with Crippen LogP contribution in [0, 0.1) is 5.82 Å². The van der Waals surface area contributed by atoms with E-state index in [-0.39, 0.29) is 11.4 Å². The highest BCUT2D eigenvalue weighted by atomic mass is 35.5. The van der Waals surface area contributed by atoms with Gasteiger partial charge < -0.3 is 5.11 Å². The number of hydrogen-bond acceptors (Lipinski definition) is 4. The van der Waals surface area contributed by atoms with Crippen molar-refractivity contribution in [2.45, 2.75) is 17.4 Å².